The molecular formula is C8H10O2S. The van der Waals surface area contributed by atoms with Gasteiger partial charge >= 0.3 is 0 Å². The van der Waals surface area contributed by atoms with Gasteiger partial charge in [0.15, 0.2) is 5.78 Å². The van der Waals surface area contributed by atoms with E-state index in [0.29, 0.717) is 6.61 Å². The van der Waals surface area contributed by atoms with Crippen LogP contribution in [0, 0.1) is 0 Å². The standard InChI is InChI=1S/C8H10O2S/c1-2-10-5-8(9)7-3-4-11-6-7/h3-4,6H,2,5H2,1H3. The van der Waals surface area contributed by atoms with Gasteiger partial charge in [-0.15, -0.1) is 0 Å². The summed E-state index contributed by atoms with van der Waals surface area (Å²) < 4.78 is 4.97. The average molecular weight is 170 g/mol. The summed E-state index contributed by atoms with van der Waals surface area (Å²) in [5.41, 5.74) is 0.753. The van der Waals surface area contributed by atoms with E-state index in [4.69, 9.17) is 4.74 Å². The molecule has 0 atom stereocenters. The molecule has 1 aromatic rings. The summed E-state index contributed by atoms with van der Waals surface area (Å²) in [6.07, 6.45) is 0. The molecule has 3 heteroatoms. The Balaban J connectivity index is 2.43. The number of rotatable bonds is 4. The van der Waals surface area contributed by atoms with Crippen molar-refractivity contribution >= 4 is 17.1 Å². The minimum atomic E-state index is 0.0631. The van der Waals surface area contributed by atoms with Crippen LogP contribution in [0.1, 0.15) is 17.3 Å². The van der Waals surface area contributed by atoms with Crippen LogP contribution < -0.4 is 0 Å². The van der Waals surface area contributed by atoms with Crippen molar-refractivity contribution in [2.75, 3.05) is 13.2 Å². The second-order valence-electron chi connectivity index (χ2n) is 2.07. The van der Waals surface area contributed by atoms with Gasteiger partial charge in [0.05, 0.1) is 0 Å². The molecule has 1 aromatic heterocycles. The second kappa shape index (κ2) is 4.26. The van der Waals surface area contributed by atoms with Crippen molar-refractivity contribution in [3.63, 3.8) is 0 Å². The van der Waals surface area contributed by atoms with E-state index in [9.17, 15) is 4.79 Å². The molecule has 0 saturated carbocycles. The molecule has 0 aliphatic rings. The first-order valence-electron chi connectivity index (χ1n) is 3.47. The monoisotopic (exact) mass is 170 g/mol. The lowest BCUT2D eigenvalue weighted by molar-refractivity contribution is 0.0784. The van der Waals surface area contributed by atoms with Crippen molar-refractivity contribution in [3.05, 3.63) is 22.4 Å². The zero-order chi connectivity index (χ0) is 8.10. The molecule has 0 aliphatic heterocycles. The van der Waals surface area contributed by atoms with Crippen LogP contribution in [0.15, 0.2) is 16.8 Å². The average Bonchev–Trinajstić information content (AvgIpc) is 2.52. The van der Waals surface area contributed by atoms with Gasteiger partial charge < -0.3 is 4.74 Å². The molecule has 0 saturated heterocycles. The van der Waals surface area contributed by atoms with Crippen molar-refractivity contribution in [2.45, 2.75) is 6.92 Å². The molecule has 60 valence electrons. The Morgan fingerprint density at radius 2 is 2.55 bits per heavy atom. The van der Waals surface area contributed by atoms with Gasteiger partial charge in [-0.2, -0.15) is 11.3 Å². The lowest BCUT2D eigenvalue weighted by Gasteiger charge is -1.96. The van der Waals surface area contributed by atoms with Crippen LogP contribution >= 0.6 is 11.3 Å². The molecule has 1 heterocycles. The first-order chi connectivity index (χ1) is 5.34. The number of carbonyl (C=O) groups is 1. The molecule has 11 heavy (non-hydrogen) atoms. The Morgan fingerprint density at radius 1 is 1.73 bits per heavy atom. The first-order valence-corrected chi connectivity index (χ1v) is 4.42. The maximum Gasteiger partial charge on any atom is 0.189 e. The fourth-order valence-electron chi connectivity index (χ4n) is 0.701. The van der Waals surface area contributed by atoms with E-state index in [1.807, 2.05) is 23.8 Å². The normalized spacial score (nSPS) is 9.91. The molecule has 0 amide bonds. The van der Waals surface area contributed by atoms with Crippen LogP contribution in [0.3, 0.4) is 0 Å². The Hall–Kier alpha value is -0.670. The number of ketones is 1. The predicted molar refractivity (Wildman–Crippen MR) is 45.1 cm³/mol. The van der Waals surface area contributed by atoms with Crippen LogP contribution in [-0.4, -0.2) is 19.0 Å². The van der Waals surface area contributed by atoms with Gasteiger partial charge in [0.25, 0.3) is 0 Å². The molecule has 0 spiro atoms. The smallest absolute Gasteiger partial charge is 0.189 e. The highest BCUT2D eigenvalue weighted by Gasteiger charge is 2.04. The molecule has 0 unspecified atom stereocenters. The molecule has 0 fully saturated rings. The molecule has 2 nitrogen and oxygen atoms in total. The summed E-state index contributed by atoms with van der Waals surface area (Å²) in [6.45, 7) is 2.67. The summed E-state index contributed by atoms with van der Waals surface area (Å²) in [6, 6.07) is 1.81. The first kappa shape index (κ1) is 8.43. The number of hydrogen-bond donors (Lipinski definition) is 0. The number of ether oxygens (including phenoxy) is 1. The van der Waals surface area contributed by atoms with E-state index in [0.717, 1.165) is 5.56 Å². The van der Waals surface area contributed by atoms with Gasteiger partial charge in [-0.1, -0.05) is 0 Å². The Kier molecular flexibility index (Phi) is 3.26. The highest BCUT2D eigenvalue weighted by atomic mass is 32.1. The number of carbonyl (C=O) groups excluding carboxylic acids is 1. The maximum atomic E-state index is 11.1. The van der Waals surface area contributed by atoms with Crippen molar-refractivity contribution in [2.24, 2.45) is 0 Å². The summed E-state index contributed by atoms with van der Waals surface area (Å²) in [5, 5.41) is 3.72. The summed E-state index contributed by atoms with van der Waals surface area (Å²) in [4.78, 5) is 11.1. The van der Waals surface area contributed by atoms with Gasteiger partial charge in [0.2, 0.25) is 0 Å². The highest BCUT2D eigenvalue weighted by molar-refractivity contribution is 7.08. The minimum absolute atomic E-state index is 0.0631. The molecule has 0 N–H and O–H groups in total. The second-order valence-corrected chi connectivity index (χ2v) is 2.85. The molecular weight excluding hydrogens is 160 g/mol. The quantitative estimate of drug-likeness (QED) is 0.646. The van der Waals surface area contributed by atoms with Crippen LogP contribution in [0.25, 0.3) is 0 Å². The minimum Gasteiger partial charge on any atom is -0.374 e. The van der Waals surface area contributed by atoms with Crippen molar-refractivity contribution in [1.82, 2.24) is 0 Å². The lowest BCUT2D eigenvalue weighted by atomic mass is 10.2. The Morgan fingerprint density at radius 3 is 3.09 bits per heavy atom. The van der Waals surface area contributed by atoms with Gasteiger partial charge in [-0.05, 0) is 18.4 Å². The summed E-state index contributed by atoms with van der Waals surface area (Å²) in [5.74, 6) is 0.0631. The molecule has 0 radical (unpaired) electrons. The van der Waals surface area contributed by atoms with E-state index in [2.05, 4.69) is 0 Å². The number of thiophene rings is 1. The highest BCUT2D eigenvalue weighted by Crippen LogP contribution is 2.06. The predicted octanol–water partition coefficient (Wildman–Crippen LogP) is 1.97. The third-order valence-corrected chi connectivity index (χ3v) is 1.96. The number of hydrogen-bond acceptors (Lipinski definition) is 3. The number of Topliss-reactive ketones (excluding diaryl/α,β-unsaturated/α-hetero) is 1. The molecule has 0 bridgehead atoms. The SMILES string of the molecule is CCOCC(=O)c1ccsc1. The van der Waals surface area contributed by atoms with E-state index < -0.39 is 0 Å². The Labute approximate surface area is 69.8 Å². The summed E-state index contributed by atoms with van der Waals surface area (Å²) in [7, 11) is 0. The maximum absolute atomic E-state index is 11.1. The summed E-state index contributed by atoms with van der Waals surface area (Å²) >= 11 is 1.52. The lowest BCUT2D eigenvalue weighted by Crippen LogP contribution is -2.07. The Bertz CT molecular complexity index is 216. The third kappa shape index (κ3) is 2.44. The van der Waals surface area contributed by atoms with Crippen LogP contribution in [-0.2, 0) is 4.74 Å². The van der Waals surface area contributed by atoms with Crippen LogP contribution in [0.2, 0.25) is 0 Å². The largest absolute Gasteiger partial charge is 0.374 e. The van der Waals surface area contributed by atoms with E-state index >= 15 is 0 Å². The van der Waals surface area contributed by atoms with Gasteiger partial charge in [-0.25, -0.2) is 0 Å². The van der Waals surface area contributed by atoms with Crippen LogP contribution in [0.5, 0.6) is 0 Å². The van der Waals surface area contributed by atoms with Crippen molar-refractivity contribution in [1.29, 1.82) is 0 Å². The topological polar surface area (TPSA) is 26.3 Å². The van der Waals surface area contributed by atoms with Crippen molar-refractivity contribution in [3.8, 4) is 0 Å². The fraction of sp³-hybridized carbons (Fsp3) is 0.375. The third-order valence-electron chi connectivity index (χ3n) is 1.28. The fourth-order valence-corrected chi connectivity index (χ4v) is 1.36. The van der Waals surface area contributed by atoms with Gasteiger partial charge in [0.1, 0.15) is 6.61 Å². The van der Waals surface area contributed by atoms with Crippen molar-refractivity contribution < 1.29 is 9.53 Å². The molecule has 1 rings (SSSR count). The van der Waals surface area contributed by atoms with Gasteiger partial charge in [-0.3, -0.25) is 4.79 Å². The molecule has 0 aromatic carbocycles. The zero-order valence-electron chi connectivity index (χ0n) is 6.37. The van der Waals surface area contributed by atoms with E-state index in [1.165, 1.54) is 11.3 Å². The van der Waals surface area contributed by atoms with E-state index in [-0.39, 0.29) is 12.4 Å². The van der Waals surface area contributed by atoms with Gasteiger partial charge in [0, 0.05) is 17.6 Å². The van der Waals surface area contributed by atoms with Crippen LogP contribution in [0.4, 0.5) is 0 Å². The molecule has 0 aliphatic carbocycles. The van der Waals surface area contributed by atoms with E-state index in [1.54, 1.807) is 0 Å². The zero-order valence-corrected chi connectivity index (χ0v) is 7.19.